The Morgan fingerprint density at radius 2 is 1.96 bits per heavy atom. The topological polar surface area (TPSA) is 55.2 Å². The maximum absolute atomic E-state index is 13.3. The molecular formula is C16H20BrN3O2S2. The summed E-state index contributed by atoms with van der Waals surface area (Å²) in [4.78, 5) is 0.356. The quantitative estimate of drug-likeness (QED) is 0.742. The number of sulfonamides is 1. The maximum Gasteiger partial charge on any atom is 0.248 e. The van der Waals surface area contributed by atoms with Crippen molar-refractivity contribution < 1.29 is 8.42 Å². The van der Waals surface area contributed by atoms with Crippen molar-refractivity contribution in [1.29, 1.82) is 0 Å². The highest BCUT2D eigenvalue weighted by molar-refractivity contribution is 9.10. The molecule has 0 aliphatic carbocycles. The first-order valence-corrected chi connectivity index (χ1v) is 11.1. The second-order valence-corrected chi connectivity index (χ2v) is 9.64. The van der Waals surface area contributed by atoms with Crippen molar-refractivity contribution in [3.63, 3.8) is 0 Å². The molecule has 1 aliphatic heterocycles. The standard InChI is InChI=1S/C16H20BrN3O2S2/c1-4-19-12(3)15(11(2)18-19)24(21,22)20-9-10-23-16(20)13-5-7-14(17)8-6-13/h5-8,16H,4,9-10H2,1-3H3. The lowest BCUT2D eigenvalue weighted by Gasteiger charge is -2.23. The van der Waals surface area contributed by atoms with Gasteiger partial charge in [-0.25, -0.2) is 8.42 Å². The molecule has 1 atom stereocenters. The van der Waals surface area contributed by atoms with Crippen molar-refractivity contribution in [3.8, 4) is 0 Å². The van der Waals surface area contributed by atoms with E-state index in [1.807, 2.05) is 38.1 Å². The molecular weight excluding hydrogens is 410 g/mol. The minimum absolute atomic E-state index is 0.188. The first-order valence-electron chi connectivity index (χ1n) is 7.79. The van der Waals surface area contributed by atoms with Gasteiger partial charge in [0.1, 0.15) is 4.90 Å². The van der Waals surface area contributed by atoms with Crippen molar-refractivity contribution in [1.82, 2.24) is 14.1 Å². The molecule has 3 rings (SSSR count). The second kappa shape index (κ2) is 6.82. The van der Waals surface area contributed by atoms with Crippen LogP contribution in [0.15, 0.2) is 33.6 Å². The van der Waals surface area contributed by atoms with Crippen molar-refractivity contribution in [2.45, 2.75) is 37.6 Å². The Labute approximate surface area is 155 Å². The predicted octanol–water partition coefficient (Wildman–Crippen LogP) is 3.72. The predicted molar refractivity (Wildman–Crippen MR) is 101 cm³/mol. The Morgan fingerprint density at radius 3 is 2.54 bits per heavy atom. The Bertz CT molecular complexity index is 847. The van der Waals surface area contributed by atoms with Crippen molar-refractivity contribution in [2.24, 2.45) is 0 Å². The van der Waals surface area contributed by atoms with Gasteiger partial charge in [0.2, 0.25) is 10.0 Å². The molecule has 0 spiro atoms. The summed E-state index contributed by atoms with van der Waals surface area (Å²) in [7, 11) is -3.58. The van der Waals surface area contributed by atoms with E-state index in [4.69, 9.17) is 0 Å². The average Bonchev–Trinajstić information content (AvgIpc) is 3.13. The van der Waals surface area contributed by atoms with Gasteiger partial charge in [-0.15, -0.1) is 11.8 Å². The summed E-state index contributed by atoms with van der Waals surface area (Å²) < 4.78 is 31.0. The van der Waals surface area contributed by atoms with Crippen LogP contribution in [-0.4, -0.2) is 34.8 Å². The SMILES string of the molecule is CCn1nc(C)c(S(=O)(=O)N2CCSC2c2ccc(Br)cc2)c1C. The van der Waals surface area contributed by atoms with Gasteiger partial charge >= 0.3 is 0 Å². The molecule has 1 aliphatic rings. The Hall–Kier alpha value is -0.830. The molecule has 1 unspecified atom stereocenters. The number of hydrogen-bond donors (Lipinski definition) is 0. The fraction of sp³-hybridized carbons (Fsp3) is 0.438. The summed E-state index contributed by atoms with van der Waals surface area (Å²) in [5, 5.41) is 4.19. The Kier molecular flexibility index (Phi) is 5.11. The van der Waals surface area contributed by atoms with E-state index >= 15 is 0 Å². The van der Waals surface area contributed by atoms with E-state index in [9.17, 15) is 8.42 Å². The molecule has 0 radical (unpaired) electrons. The van der Waals surface area contributed by atoms with Crippen LogP contribution in [0.1, 0.15) is 29.2 Å². The summed E-state index contributed by atoms with van der Waals surface area (Å²) in [6.45, 7) is 6.74. The largest absolute Gasteiger partial charge is 0.268 e. The molecule has 2 heterocycles. The van der Waals surface area contributed by atoms with Gasteiger partial charge in [0.25, 0.3) is 0 Å². The van der Waals surface area contributed by atoms with Gasteiger partial charge < -0.3 is 0 Å². The van der Waals surface area contributed by atoms with Crippen LogP contribution < -0.4 is 0 Å². The minimum Gasteiger partial charge on any atom is -0.268 e. The maximum atomic E-state index is 13.3. The van der Waals surface area contributed by atoms with Crippen LogP contribution >= 0.6 is 27.7 Å². The van der Waals surface area contributed by atoms with Crippen molar-refractivity contribution in [3.05, 3.63) is 45.7 Å². The molecule has 1 fully saturated rings. The third-order valence-corrected chi connectivity index (χ3v) is 8.23. The van der Waals surface area contributed by atoms with Crippen LogP contribution in [0.5, 0.6) is 0 Å². The second-order valence-electron chi connectivity index (χ2n) is 5.71. The van der Waals surface area contributed by atoms with Gasteiger partial charge in [-0.05, 0) is 38.5 Å². The lowest BCUT2D eigenvalue weighted by molar-refractivity contribution is 0.433. The molecule has 130 valence electrons. The zero-order valence-corrected chi connectivity index (χ0v) is 17.1. The number of benzene rings is 1. The summed E-state index contributed by atoms with van der Waals surface area (Å²) in [6.07, 6.45) is 0. The highest BCUT2D eigenvalue weighted by Crippen LogP contribution is 2.42. The monoisotopic (exact) mass is 429 g/mol. The number of thioether (sulfide) groups is 1. The lowest BCUT2D eigenvalue weighted by atomic mass is 10.2. The van der Waals surface area contributed by atoms with E-state index in [0.29, 0.717) is 29.4 Å². The fourth-order valence-electron chi connectivity index (χ4n) is 3.07. The third-order valence-electron chi connectivity index (χ3n) is 4.19. The van der Waals surface area contributed by atoms with Gasteiger partial charge in [-0.3, -0.25) is 4.68 Å². The Morgan fingerprint density at radius 1 is 1.29 bits per heavy atom. The molecule has 5 nitrogen and oxygen atoms in total. The number of nitrogens with zero attached hydrogens (tertiary/aromatic N) is 3. The van der Waals surface area contributed by atoms with Gasteiger partial charge in [-0.1, -0.05) is 28.1 Å². The van der Waals surface area contributed by atoms with Crippen molar-refractivity contribution >= 4 is 37.7 Å². The van der Waals surface area contributed by atoms with E-state index in [2.05, 4.69) is 21.0 Å². The van der Waals surface area contributed by atoms with Crippen LogP contribution in [0.4, 0.5) is 0 Å². The molecule has 24 heavy (non-hydrogen) atoms. The van der Waals surface area contributed by atoms with Crippen LogP contribution in [-0.2, 0) is 16.6 Å². The first kappa shape index (κ1) is 18.0. The van der Waals surface area contributed by atoms with E-state index in [0.717, 1.165) is 15.8 Å². The number of halogens is 1. The average molecular weight is 430 g/mol. The molecule has 0 saturated carbocycles. The highest BCUT2D eigenvalue weighted by atomic mass is 79.9. The van der Waals surface area contributed by atoms with Crippen LogP contribution in [0.25, 0.3) is 0 Å². The first-order chi connectivity index (χ1) is 11.4. The minimum atomic E-state index is -3.58. The zero-order chi connectivity index (χ0) is 17.5. The van der Waals surface area contributed by atoms with E-state index in [-0.39, 0.29) is 5.37 Å². The number of aryl methyl sites for hydroxylation is 2. The summed E-state index contributed by atoms with van der Waals surface area (Å²) >= 11 is 5.08. The van der Waals surface area contributed by atoms with Crippen LogP contribution in [0.2, 0.25) is 0 Å². The molecule has 0 N–H and O–H groups in total. The van der Waals surface area contributed by atoms with E-state index in [1.165, 1.54) is 0 Å². The van der Waals surface area contributed by atoms with Gasteiger partial charge in [0.05, 0.1) is 16.8 Å². The van der Waals surface area contributed by atoms with Gasteiger partial charge in [-0.2, -0.15) is 9.40 Å². The van der Waals surface area contributed by atoms with Crippen molar-refractivity contribution in [2.75, 3.05) is 12.3 Å². The smallest absolute Gasteiger partial charge is 0.248 e. The number of aromatic nitrogens is 2. The van der Waals surface area contributed by atoms with Gasteiger partial charge in [0.15, 0.2) is 0 Å². The molecule has 1 aromatic carbocycles. The molecule has 2 aromatic rings. The molecule has 1 aromatic heterocycles. The summed E-state index contributed by atoms with van der Waals surface area (Å²) in [6, 6.07) is 7.85. The third kappa shape index (κ3) is 3.05. The van der Waals surface area contributed by atoms with Crippen LogP contribution in [0, 0.1) is 13.8 Å². The molecule has 0 bridgehead atoms. The molecule has 0 amide bonds. The zero-order valence-electron chi connectivity index (χ0n) is 13.9. The summed E-state index contributed by atoms with van der Waals surface area (Å²) in [5.41, 5.74) is 2.28. The van der Waals surface area contributed by atoms with E-state index in [1.54, 1.807) is 27.7 Å². The normalized spacial score (nSPS) is 19.1. The lowest BCUT2D eigenvalue weighted by Crippen LogP contribution is -2.31. The van der Waals surface area contributed by atoms with E-state index < -0.39 is 10.0 Å². The Balaban J connectivity index is 2.03. The molecule has 1 saturated heterocycles. The number of rotatable bonds is 4. The van der Waals surface area contributed by atoms with Gasteiger partial charge in [0, 0.05) is 23.3 Å². The summed E-state index contributed by atoms with van der Waals surface area (Å²) in [5.74, 6) is 0.792. The fourth-order valence-corrected chi connectivity index (χ4v) is 6.95. The number of hydrogen-bond acceptors (Lipinski definition) is 4. The highest BCUT2D eigenvalue weighted by Gasteiger charge is 2.39. The van der Waals surface area contributed by atoms with Crippen LogP contribution in [0.3, 0.4) is 0 Å². The molecule has 8 heteroatoms.